The van der Waals surface area contributed by atoms with Crippen molar-refractivity contribution in [1.82, 2.24) is 14.9 Å². The van der Waals surface area contributed by atoms with Crippen LogP contribution < -0.4 is 10.1 Å². The first kappa shape index (κ1) is 20.9. The maximum absolute atomic E-state index is 12.4. The number of imidazole rings is 1. The number of ether oxygens (including phenoxy) is 1. The van der Waals surface area contributed by atoms with Gasteiger partial charge in [-0.2, -0.15) is 0 Å². The number of carbonyl (C=O) groups is 1. The van der Waals surface area contributed by atoms with Crippen LogP contribution in [0.1, 0.15) is 43.6 Å². The van der Waals surface area contributed by atoms with Crippen LogP contribution in [0.2, 0.25) is 0 Å². The van der Waals surface area contributed by atoms with Crippen LogP contribution >= 0.6 is 0 Å². The fourth-order valence-electron chi connectivity index (χ4n) is 3.75. The highest BCUT2D eigenvalue weighted by atomic mass is 16.5. The van der Waals surface area contributed by atoms with E-state index in [-0.39, 0.29) is 11.8 Å². The summed E-state index contributed by atoms with van der Waals surface area (Å²) in [5.41, 5.74) is 4.27. The summed E-state index contributed by atoms with van der Waals surface area (Å²) < 4.78 is 8.26. The molecule has 29 heavy (non-hydrogen) atoms. The van der Waals surface area contributed by atoms with Crippen molar-refractivity contribution in [1.29, 1.82) is 0 Å². The standard InChI is InChI=1S/C24H31N3O2/c1-5-19(6-2)24(28)25-16-22-26-20-12-7-8-13-21(20)27(22)14-15-29-23-17(3)10-9-11-18(23)4/h7-13,19H,5-6,14-16H2,1-4H3,(H,25,28). The number of benzene rings is 2. The molecule has 0 saturated heterocycles. The van der Waals surface area contributed by atoms with Crippen molar-refractivity contribution in [3.63, 3.8) is 0 Å². The number of hydrogen-bond donors (Lipinski definition) is 1. The number of rotatable bonds is 9. The van der Waals surface area contributed by atoms with Crippen LogP contribution in [0.25, 0.3) is 11.0 Å². The zero-order chi connectivity index (χ0) is 20.8. The van der Waals surface area contributed by atoms with Gasteiger partial charge in [-0.25, -0.2) is 4.98 Å². The third kappa shape index (κ3) is 4.78. The van der Waals surface area contributed by atoms with Gasteiger partial charge >= 0.3 is 0 Å². The van der Waals surface area contributed by atoms with E-state index in [0.29, 0.717) is 19.7 Å². The normalized spacial score (nSPS) is 11.2. The van der Waals surface area contributed by atoms with Crippen LogP contribution in [0.3, 0.4) is 0 Å². The van der Waals surface area contributed by atoms with E-state index in [1.165, 1.54) is 0 Å². The van der Waals surface area contributed by atoms with Gasteiger partial charge in [0, 0.05) is 5.92 Å². The minimum Gasteiger partial charge on any atom is -0.491 e. The fourth-order valence-corrected chi connectivity index (χ4v) is 3.75. The monoisotopic (exact) mass is 393 g/mol. The molecule has 0 aliphatic rings. The van der Waals surface area contributed by atoms with E-state index >= 15 is 0 Å². The molecule has 1 amide bonds. The Bertz CT molecular complexity index is 953. The predicted molar refractivity (Wildman–Crippen MR) is 117 cm³/mol. The highest BCUT2D eigenvalue weighted by molar-refractivity contribution is 5.79. The molecule has 3 aromatic rings. The van der Waals surface area contributed by atoms with Crippen LogP contribution in [0.5, 0.6) is 5.75 Å². The Labute approximate surface area is 173 Å². The van der Waals surface area contributed by atoms with Crippen molar-refractivity contribution in [2.45, 2.75) is 53.6 Å². The quantitative estimate of drug-likeness (QED) is 0.569. The summed E-state index contributed by atoms with van der Waals surface area (Å²) in [6.45, 7) is 9.86. The molecule has 5 nitrogen and oxygen atoms in total. The van der Waals surface area contributed by atoms with Crippen molar-refractivity contribution < 1.29 is 9.53 Å². The van der Waals surface area contributed by atoms with Gasteiger partial charge in [0.05, 0.1) is 24.1 Å². The predicted octanol–water partition coefficient (Wildman–Crippen LogP) is 4.78. The Kier molecular flexibility index (Phi) is 6.91. The van der Waals surface area contributed by atoms with Gasteiger partial charge < -0.3 is 14.6 Å². The minimum absolute atomic E-state index is 0.0557. The second kappa shape index (κ2) is 9.59. The number of hydrogen-bond acceptors (Lipinski definition) is 3. The van der Waals surface area contributed by atoms with Gasteiger partial charge in [0.25, 0.3) is 0 Å². The minimum atomic E-state index is 0.0557. The summed E-state index contributed by atoms with van der Waals surface area (Å²) in [6.07, 6.45) is 1.70. The molecule has 0 radical (unpaired) electrons. The Morgan fingerprint density at radius 1 is 1.07 bits per heavy atom. The molecule has 0 bridgehead atoms. The molecule has 0 atom stereocenters. The van der Waals surface area contributed by atoms with Gasteiger partial charge in [0.15, 0.2) is 0 Å². The zero-order valence-electron chi connectivity index (χ0n) is 17.9. The van der Waals surface area contributed by atoms with Gasteiger partial charge in [-0.1, -0.05) is 44.2 Å². The summed E-state index contributed by atoms with van der Waals surface area (Å²) in [7, 11) is 0. The van der Waals surface area contributed by atoms with Crippen LogP contribution in [-0.2, 0) is 17.9 Å². The molecule has 1 aromatic heterocycles. The van der Waals surface area contributed by atoms with E-state index in [2.05, 4.69) is 41.9 Å². The maximum Gasteiger partial charge on any atom is 0.223 e. The van der Waals surface area contributed by atoms with Gasteiger partial charge in [-0.15, -0.1) is 0 Å². The van der Waals surface area contributed by atoms with Gasteiger partial charge in [-0.3, -0.25) is 4.79 Å². The number of para-hydroxylation sites is 3. The number of fused-ring (bicyclic) bond motifs is 1. The van der Waals surface area contributed by atoms with E-state index < -0.39 is 0 Å². The van der Waals surface area contributed by atoms with E-state index in [9.17, 15) is 4.79 Å². The summed E-state index contributed by atoms with van der Waals surface area (Å²) in [5, 5.41) is 3.07. The van der Waals surface area contributed by atoms with Crippen LogP contribution in [-0.4, -0.2) is 22.1 Å². The largest absolute Gasteiger partial charge is 0.491 e. The summed E-state index contributed by atoms with van der Waals surface area (Å²) in [5.74, 6) is 1.96. The third-order valence-corrected chi connectivity index (χ3v) is 5.48. The number of nitrogens with zero attached hydrogens (tertiary/aromatic N) is 2. The lowest BCUT2D eigenvalue weighted by molar-refractivity contribution is -0.125. The second-order valence-corrected chi connectivity index (χ2v) is 7.47. The molecule has 0 aliphatic heterocycles. The van der Waals surface area contributed by atoms with Crippen molar-refractivity contribution in [2.24, 2.45) is 5.92 Å². The number of carbonyl (C=O) groups excluding carboxylic acids is 1. The molecule has 5 heteroatoms. The van der Waals surface area contributed by atoms with E-state index in [0.717, 1.165) is 46.6 Å². The second-order valence-electron chi connectivity index (χ2n) is 7.47. The number of aromatic nitrogens is 2. The summed E-state index contributed by atoms with van der Waals surface area (Å²) in [6, 6.07) is 14.2. The highest BCUT2D eigenvalue weighted by Crippen LogP contribution is 2.23. The van der Waals surface area contributed by atoms with Gasteiger partial charge in [0.2, 0.25) is 5.91 Å². The van der Waals surface area contributed by atoms with E-state index in [1.54, 1.807) is 0 Å². The lowest BCUT2D eigenvalue weighted by atomic mass is 10.0. The third-order valence-electron chi connectivity index (χ3n) is 5.48. The Morgan fingerprint density at radius 2 is 1.76 bits per heavy atom. The average molecular weight is 394 g/mol. The lowest BCUT2D eigenvalue weighted by Crippen LogP contribution is -2.31. The Hall–Kier alpha value is -2.82. The van der Waals surface area contributed by atoms with Crippen LogP contribution in [0.15, 0.2) is 42.5 Å². The molecule has 0 fully saturated rings. The van der Waals surface area contributed by atoms with Crippen molar-refractivity contribution in [3.05, 3.63) is 59.4 Å². The molecule has 0 unspecified atom stereocenters. The van der Waals surface area contributed by atoms with Crippen LogP contribution in [0.4, 0.5) is 0 Å². The average Bonchev–Trinajstić information content (AvgIpc) is 3.07. The molecular formula is C24H31N3O2. The number of amides is 1. The molecule has 1 N–H and O–H groups in total. The van der Waals surface area contributed by atoms with Crippen molar-refractivity contribution in [2.75, 3.05) is 6.61 Å². The van der Waals surface area contributed by atoms with Crippen LogP contribution in [0, 0.1) is 19.8 Å². The zero-order valence-corrected chi connectivity index (χ0v) is 17.9. The molecule has 2 aromatic carbocycles. The van der Waals surface area contributed by atoms with Gasteiger partial charge in [-0.05, 0) is 49.9 Å². The summed E-state index contributed by atoms with van der Waals surface area (Å²) in [4.78, 5) is 17.2. The number of aryl methyl sites for hydroxylation is 2. The molecule has 1 heterocycles. The maximum atomic E-state index is 12.4. The first-order valence-corrected chi connectivity index (χ1v) is 10.5. The van der Waals surface area contributed by atoms with Crippen molar-refractivity contribution >= 4 is 16.9 Å². The highest BCUT2D eigenvalue weighted by Gasteiger charge is 2.16. The Balaban J connectivity index is 1.75. The van der Waals surface area contributed by atoms with E-state index in [1.807, 2.05) is 38.1 Å². The number of nitrogens with one attached hydrogen (secondary N) is 1. The van der Waals surface area contributed by atoms with Gasteiger partial charge in [0.1, 0.15) is 18.2 Å². The fraction of sp³-hybridized carbons (Fsp3) is 0.417. The SMILES string of the molecule is CCC(CC)C(=O)NCc1nc2ccccc2n1CCOc1c(C)cccc1C. The molecular weight excluding hydrogens is 362 g/mol. The first-order chi connectivity index (χ1) is 14.0. The summed E-state index contributed by atoms with van der Waals surface area (Å²) >= 11 is 0. The lowest BCUT2D eigenvalue weighted by Gasteiger charge is -2.15. The molecule has 0 spiro atoms. The smallest absolute Gasteiger partial charge is 0.223 e. The molecule has 0 aliphatic carbocycles. The van der Waals surface area contributed by atoms with Crippen molar-refractivity contribution in [3.8, 4) is 5.75 Å². The first-order valence-electron chi connectivity index (χ1n) is 10.5. The van der Waals surface area contributed by atoms with E-state index in [4.69, 9.17) is 9.72 Å². The molecule has 154 valence electrons. The topological polar surface area (TPSA) is 56.2 Å². The molecule has 0 saturated carbocycles. The molecule has 3 rings (SSSR count). The Morgan fingerprint density at radius 3 is 2.45 bits per heavy atom.